The van der Waals surface area contributed by atoms with Gasteiger partial charge in [-0.25, -0.2) is 8.51 Å². The Morgan fingerprint density at radius 2 is 2.00 bits per heavy atom. The quantitative estimate of drug-likeness (QED) is 0.671. The first-order chi connectivity index (χ1) is 11.0. The summed E-state index contributed by atoms with van der Waals surface area (Å²) in [5.74, 6) is 0.391. The maximum absolute atomic E-state index is 12.5. The largest absolute Gasteiger partial charge is 0.489 e. The molecule has 23 heavy (non-hydrogen) atoms. The summed E-state index contributed by atoms with van der Waals surface area (Å²) in [5, 5.41) is 1.17. The molecule has 0 bridgehead atoms. The van der Waals surface area contributed by atoms with Gasteiger partial charge in [0.05, 0.1) is 29.5 Å². The predicted octanol–water partition coefficient (Wildman–Crippen LogP) is 3.66. The van der Waals surface area contributed by atoms with Crippen molar-refractivity contribution in [1.82, 2.24) is 8.61 Å². The maximum atomic E-state index is 12.5. The van der Waals surface area contributed by atoms with Gasteiger partial charge in [0, 0.05) is 18.1 Å². The van der Waals surface area contributed by atoms with E-state index in [1.165, 1.54) is 0 Å². The second kappa shape index (κ2) is 9.08. The van der Waals surface area contributed by atoms with E-state index in [2.05, 4.69) is 4.99 Å². The van der Waals surface area contributed by atoms with Crippen molar-refractivity contribution in [2.75, 3.05) is 32.8 Å². The number of aliphatic imine (C=N–C) groups is 1. The van der Waals surface area contributed by atoms with Gasteiger partial charge < -0.3 is 4.74 Å². The number of halogens is 3. The molecule has 0 saturated heterocycles. The van der Waals surface area contributed by atoms with Crippen molar-refractivity contribution in [2.45, 2.75) is 13.3 Å². The fraction of sp³-hybridized carbons (Fsp3) is 0.500. The van der Waals surface area contributed by atoms with E-state index in [9.17, 15) is 4.21 Å². The Hall–Kier alpha value is -0.530. The van der Waals surface area contributed by atoms with Gasteiger partial charge >= 0.3 is 0 Å². The van der Waals surface area contributed by atoms with Crippen LogP contribution in [-0.4, -0.2) is 51.9 Å². The van der Waals surface area contributed by atoms with E-state index >= 15 is 0 Å². The molecule has 0 fully saturated rings. The van der Waals surface area contributed by atoms with Gasteiger partial charge in [0.25, 0.3) is 0 Å². The minimum absolute atomic E-state index is 0.317. The van der Waals surface area contributed by atoms with E-state index in [0.717, 1.165) is 6.42 Å². The standard InChI is InChI=1S/C14H18Cl3N3O2S/c1-2-4-19(23(21)20-5-3-18-10-20)6-7-22-14-12(16)8-11(15)9-13(14)17/h8-10H,2-7H2,1H3. The molecule has 0 aliphatic carbocycles. The highest BCUT2D eigenvalue weighted by Gasteiger charge is 2.20. The summed E-state index contributed by atoms with van der Waals surface area (Å²) < 4.78 is 21.7. The Bertz CT molecular complexity index is 578. The van der Waals surface area contributed by atoms with Crippen molar-refractivity contribution >= 4 is 52.3 Å². The third-order valence-electron chi connectivity index (χ3n) is 3.10. The molecule has 1 aromatic rings. The van der Waals surface area contributed by atoms with Gasteiger partial charge in [0.2, 0.25) is 0 Å². The molecule has 0 spiro atoms. The average Bonchev–Trinajstić information content (AvgIpc) is 3.02. The van der Waals surface area contributed by atoms with Crippen LogP contribution in [-0.2, 0) is 11.2 Å². The Balaban J connectivity index is 1.94. The molecule has 0 amide bonds. The van der Waals surface area contributed by atoms with Gasteiger partial charge in [-0.1, -0.05) is 41.7 Å². The smallest absolute Gasteiger partial charge is 0.199 e. The van der Waals surface area contributed by atoms with Crippen LogP contribution >= 0.6 is 34.8 Å². The lowest BCUT2D eigenvalue weighted by Crippen LogP contribution is -2.39. The molecule has 1 heterocycles. The molecule has 0 aromatic heterocycles. The molecule has 1 atom stereocenters. The van der Waals surface area contributed by atoms with E-state index < -0.39 is 11.2 Å². The second-order valence-corrected chi connectivity index (χ2v) is 7.57. The average molecular weight is 399 g/mol. The van der Waals surface area contributed by atoms with Gasteiger partial charge in [-0.05, 0) is 18.6 Å². The van der Waals surface area contributed by atoms with E-state index in [0.29, 0.717) is 53.6 Å². The minimum Gasteiger partial charge on any atom is -0.489 e. The van der Waals surface area contributed by atoms with Crippen LogP contribution in [0, 0.1) is 0 Å². The molecule has 5 nitrogen and oxygen atoms in total. The van der Waals surface area contributed by atoms with Crippen molar-refractivity contribution in [3.8, 4) is 5.75 Å². The summed E-state index contributed by atoms with van der Waals surface area (Å²) in [5.41, 5.74) is 0. The third-order valence-corrected chi connectivity index (χ3v) is 5.37. The van der Waals surface area contributed by atoms with Crippen LogP contribution in [0.15, 0.2) is 17.1 Å². The third kappa shape index (κ3) is 5.22. The minimum atomic E-state index is -1.25. The van der Waals surface area contributed by atoms with Gasteiger partial charge in [-0.2, -0.15) is 0 Å². The van der Waals surface area contributed by atoms with Crippen LogP contribution < -0.4 is 4.74 Å². The molecule has 1 unspecified atom stereocenters. The monoisotopic (exact) mass is 397 g/mol. The molecule has 9 heteroatoms. The predicted molar refractivity (Wildman–Crippen MR) is 97.0 cm³/mol. The molecule has 1 aromatic carbocycles. The van der Waals surface area contributed by atoms with E-state index in [4.69, 9.17) is 39.5 Å². The van der Waals surface area contributed by atoms with Crippen LogP contribution in [0.5, 0.6) is 5.75 Å². The Labute approximate surface area is 153 Å². The number of benzene rings is 1. The Kier molecular flexibility index (Phi) is 7.43. The van der Waals surface area contributed by atoms with Crippen molar-refractivity contribution in [3.63, 3.8) is 0 Å². The maximum Gasteiger partial charge on any atom is 0.199 e. The number of hydrogen-bond donors (Lipinski definition) is 0. The normalized spacial score (nSPS) is 15.4. The molecule has 2 rings (SSSR count). The molecular weight excluding hydrogens is 381 g/mol. The van der Waals surface area contributed by atoms with Crippen LogP contribution in [0.2, 0.25) is 15.1 Å². The van der Waals surface area contributed by atoms with Crippen LogP contribution in [0.25, 0.3) is 0 Å². The number of ether oxygens (including phenoxy) is 1. The van der Waals surface area contributed by atoms with Gasteiger partial charge in [0.1, 0.15) is 6.61 Å². The van der Waals surface area contributed by atoms with Crippen molar-refractivity contribution in [2.24, 2.45) is 4.99 Å². The molecule has 1 aliphatic rings. The molecule has 128 valence electrons. The highest BCUT2D eigenvalue weighted by atomic mass is 35.5. The summed E-state index contributed by atoms with van der Waals surface area (Å²) in [4.78, 5) is 4.09. The van der Waals surface area contributed by atoms with E-state index in [1.807, 2.05) is 11.2 Å². The molecule has 1 aliphatic heterocycles. The fourth-order valence-electron chi connectivity index (χ4n) is 2.06. The lowest BCUT2D eigenvalue weighted by Gasteiger charge is -2.25. The summed E-state index contributed by atoms with van der Waals surface area (Å²) in [6.45, 7) is 4.89. The van der Waals surface area contributed by atoms with Crippen LogP contribution in [0.3, 0.4) is 0 Å². The highest BCUT2D eigenvalue weighted by molar-refractivity contribution is 7.80. The zero-order valence-electron chi connectivity index (χ0n) is 12.7. The summed E-state index contributed by atoms with van der Waals surface area (Å²) in [6, 6.07) is 3.15. The van der Waals surface area contributed by atoms with Gasteiger partial charge in [0.15, 0.2) is 16.9 Å². The topological polar surface area (TPSA) is 45.1 Å². The lowest BCUT2D eigenvalue weighted by molar-refractivity contribution is 0.275. The van der Waals surface area contributed by atoms with E-state index in [1.54, 1.807) is 22.8 Å². The van der Waals surface area contributed by atoms with Crippen molar-refractivity contribution in [3.05, 3.63) is 27.2 Å². The number of nitrogens with zero attached hydrogens (tertiary/aromatic N) is 3. The van der Waals surface area contributed by atoms with Gasteiger partial charge in [-0.15, -0.1) is 0 Å². The molecule has 0 radical (unpaired) electrons. The van der Waals surface area contributed by atoms with Crippen LogP contribution in [0.1, 0.15) is 13.3 Å². The van der Waals surface area contributed by atoms with Crippen molar-refractivity contribution in [1.29, 1.82) is 0 Å². The number of hydrogen-bond acceptors (Lipinski definition) is 3. The van der Waals surface area contributed by atoms with Crippen molar-refractivity contribution < 1.29 is 8.95 Å². The van der Waals surface area contributed by atoms with E-state index in [-0.39, 0.29) is 0 Å². The highest BCUT2D eigenvalue weighted by Crippen LogP contribution is 2.35. The zero-order valence-corrected chi connectivity index (χ0v) is 15.8. The second-order valence-electron chi connectivity index (χ2n) is 4.87. The fourth-order valence-corrected chi connectivity index (χ4v) is 4.24. The van der Waals surface area contributed by atoms with Gasteiger partial charge in [-0.3, -0.25) is 9.30 Å². The molecular formula is C14H18Cl3N3O2S. The van der Waals surface area contributed by atoms with Crippen LogP contribution in [0.4, 0.5) is 0 Å². The zero-order chi connectivity index (χ0) is 16.8. The first kappa shape index (κ1) is 18.8. The lowest BCUT2D eigenvalue weighted by atomic mass is 10.3. The number of rotatable bonds is 8. The summed E-state index contributed by atoms with van der Waals surface area (Å²) in [7, 11) is 0. The first-order valence-electron chi connectivity index (χ1n) is 7.23. The first-order valence-corrected chi connectivity index (χ1v) is 9.43. The SMILES string of the molecule is CCCN(CCOc1c(Cl)cc(Cl)cc1Cl)S(=O)N1C=NCC1. The molecule has 0 N–H and O–H groups in total. The Morgan fingerprint density at radius 1 is 1.30 bits per heavy atom. The summed E-state index contributed by atoms with van der Waals surface area (Å²) in [6.07, 6.45) is 2.52. The summed E-state index contributed by atoms with van der Waals surface area (Å²) >= 11 is 16.8. The molecule has 0 saturated carbocycles. The Morgan fingerprint density at radius 3 is 2.57 bits per heavy atom.